The van der Waals surface area contributed by atoms with Crippen LogP contribution in [0.3, 0.4) is 0 Å². The zero-order valence-electron chi connectivity index (χ0n) is 16.9. The van der Waals surface area contributed by atoms with Gasteiger partial charge in [0, 0.05) is 18.4 Å². The number of nitrogens with one attached hydrogen (secondary N) is 2. The Kier molecular flexibility index (Phi) is 13.8. The minimum Gasteiger partial charge on any atom is -0.344 e. The number of carbonyl (C=O) groups excluding carboxylic acids is 2. The van der Waals surface area contributed by atoms with E-state index in [9.17, 15) is 9.59 Å². The summed E-state index contributed by atoms with van der Waals surface area (Å²) in [6, 6.07) is -0.595. The fraction of sp³-hybridized carbons (Fsp3) is 0.600. The average molecular weight is 382 g/mol. The third kappa shape index (κ3) is 13.7. The van der Waals surface area contributed by atoms with Crippen molar-refractivity contribution in [2.45, 2.75) is 66.3 Å². The maximum absolute atomic E-state index is 11.6. The van der Waals surface area contributed by atoms with Gasteiger partial charge in [0.25, 0.3) is 5.91 Å². The van der Waals surface area contributed by atoms with E-state index in [1.54, 1.807) is 11.8 Å². The summed E-state index contributed by atoms with van der Waals surface area (Å²) in [6.07, 6.45) is 11.1. The molecule has 0 bridgehead atoms. The van der Waals surface area contributed by atoms with Gasteiger partial charge in [-0.05, 0) is 53.4 Å². The molecule has 6 heteroatoms. The van der Waals surface area contributed by atoms with Gasteiger partial charge in [-0.2, -0.15) is 11.8 Å². The molecule has 0 radical (unpaired) electrons. The number of hydrazine groups is 1. The zero-order valence-corrected chi connectivity index (χ0v) is 17.7. The summed E-state index contributed by atoms with van der Waals surface area (Å²) < 4.78 is 0. The highest BCUT2D eigenvalue weighted by Gasteiger charge is 2.17. The second-order valence-electron chi connectivity index (χ2n) is 6.76. The van der Waals surface area contributed by atoms with Crippen molar-refractivity contribution in [1.29, 1.82) is 0 Å². The molecule has 0 aliphatic rings. The lowest BCUT2D eigenvalue weighted by atomic mass is 10.1. The van der Waals surface area contributed by atoms with Crippen LogP contribution in [0, 0.1) is 0 Å². The van der Waals surface area contributed by atoms with Gasteiger partial charge in [0.05, 0.1) is 0 Å². The molecule has 0 aliphatic heterocycles. The summed E-state index contributed by atoms with van der Waals surface area (Å²) >= 11 is 1.60. The van der Waals surface area contributed by atoms with Crippen LogP contribution >= 0.6 is 11.8 Å². The molecule has 148 valence electrons. The SMILES string of the molecule is CC(=O)N[C@@H](CSCC=C(C)CCC=C(C)CCC=C(C)C)C(=O)NN. The van der Waals surface area contributed by atoms with E-state index in [-0.39, 0.29) is 11.8 Å². The molecule has 5 nitrogen and oxygen atoms in total. The molecular weight excluding hydrogens is 346 g/mol. The highest BCUT2D eigenvalue weighted by Crippen LogP contribution is 2.13. The molecule has 0 spiro atoms. The molecule has 0 aromatic rings. The Morgan fingerprint density at radius 3 is 2.08 bits per heavy atom. The second-order valence-corrected chi connectivity index (χ2v) is 7.83. The van der Waals surface area contributed by atoms with Crippen LogP contribution in [-0.2, 0) is 9.59 Å². The van der Waals surface area contributed by atoms with E-state index in [1.807, 2.05) is 0 Å². The molecule has 0 aliphatic carbocycles. The Labute approximate surface area is 162 Å². The maximum Gasteiger partial charge on any atom is 0.257 e. The summed E-state index contributed by atoms with van der Waals surface area (Å²) in [4.78, 5) is 22.7. The molecule has 0 aromatic carbocycles. The highest BCUT2D eigenvalue weighted by atomic mass is 32.2. The van der Waals surface area contributed by atoms with Crippen LogP contribution in [0.25, 0.3) is 0 Å². The first-order chi connectivity index (χ1) is 12.3. The van der Waals surface area contributed by atoms with E-state index in [4.69, 9.17) is 5.84 Å². The molecule has 0 aromatic heterocycles. The normalized spacial score (nSPS) is 13.2. The van der Waals surface area contributed by atoms with Crippen molar-refractivity contribution in [2.75, 3.05) is 11.5 Å². The Morgan fingerprint density at radius 2 is 1.54 bits per heavy atom. The van der Waals surface area contributed by atoms with Gasteiger partial charge in [0.1, 0.15) is 6.04 Å². The van der Waals surface area contributed by atoms with Crippen molar-refractivity contribution >= 4 is 23.6 Å². The predicted molar refractivity (Wildman–Crippen MR) is 113 cm³/mol. The fourth-order valence-electron chi connectivity index (χ4n) is 2.25. The summed E-state index contributed by atoms with van der Waals surface area (Å²) in [7, 11) is 0. The first kappa shape index (κ1) is 24.5. The molecule has 4 N–H and O–H groups in total. The van der Waals surface area contributed by atoms with Gasteiger partial charge in [-0.25, -0.2) is 5.84 Å². The minimum atomic E-state index is -0.595. The number of hydrogen-bond acceptors (Lipinski definition) is 4. The lowest BCUT2D eigenvalue weighted by Gasteiger charge is -2.15. The summed E-state index contributed by atoms with van der Waals surface area (Å²) in [5, 5.41) is 2.60. The Balaban J connectivity index is 4.14. The van der Waals surface area contributed by atoms with Crippen molar-refractivity contribution in [1.82, 2.24) is 10.7 Å². The zero-order chi connectivity index (χ0) is 19.9. The van der Waals surface area contributed by atoms with E-state index in [1.165, 1.54) is 23.6 Å². The molecule has 0 saturated carbocycles. The van der Waals surface area contributed by atoms with Gasteiger partial charge in [-0.15, -0.1) is 0 Å². The fourth-order valence-corrected chi connectivity index (χ4v) is 3.26. The summed E-state index contributed by atoms with van der Waals surface area (Å²) in [6.45, 7) is 9.97. The standard InChI is InChI=1S/C20H35N3O2S/c1-15(2)8-6-9-16(3)10-7-11-17(4)12-13-26-14-19(20(25)23-21)22-18(5)24/h8,10,12,19H,6-7,9,11,13-14,21H2,1-5H3,(H,22,24)(H,23,25)/t19-/m0/s1. The molecule has 26 heavy (non-hydrogen) atoms. The molecule has 0 fully saturated rings. The van der Waals surface area contributed by atoms with Crippen LogP contribution in [0.4, 0.5) is 0 Å². The molecule has 0 unspecified atom stereocenters. The molecule has 0 rings (SSSR count). The molecule has 0 saturated heterocycles. The van der Waals surface area contributed by atoms with Crippen LogP contribution in [-0.4, -0.2) is 29.4 Å². The van der Waals surface area contributed by atoms with E-state index in [2.05, 4.69) is 56.7 Å². The quantitative estimate of drug-likeness (QED) is 0.158. The monoisotopic (exact) mass is 381 g/mol. The van der Waals surface area contributed by atoms with Crippen molar-refractivity contribution < 1.29 is 9.59 Å². The lowest BCUT2D eigenvalue weighted by Crippen LogP contribution is -2.49. The largest absolute Gasteiger partial charge is 0.344 e. The lowest BCUT2D eigenvalue weighted by molar-refractivity contribution is -0.127. The predicted octanol–water partition coefficient (Wildman–Crippen LogP) is 3.63. The first-order valence-electron chi connectivity index (χ1n) is 9.06. The third-order valence-corrected chi connectivity index (χ3v) is 4.76. The third-order valence-electron chi connectivity index (χ3n) is 3.79. The van der Waals surface area contributed by atoms with E-state index < -0.39 is 6.04 Å². The molecule has 2 amide bonds. The number of rotatable bonds is 12. The Bertz CT molecular complexity index is 535. The van der Waals surface area contributed by atoms with Gasteiger partial charge in [0.15, 0.2) is 0 Å². The van der Waals surface area contributed by atoms with Gasteiger partial charge in [-0.3, -0.25) is 15.0 Å². The molecular formula is C20H35N3O2S. The summed E-state index contributed by atoms with van der Waals surface area (Å²) in [5.74, 6) is 5.84. The van der Waals surface area contributed by atoms with Crippen LogP contribution in [0.1, 0.15) is 60.3 Å². The van der Waals surface area contributed by atoms with Crippen molar-refractivity contribution in [2.24, 2.45) is 5.84 Å². The van der Waals surface area contributed by atoms with E-state index in [0.29, 0.717) is 5.75 Å². The number of amides is 2. The number of hydrogen-bond donors (Lipinski definition) is 3. The van der Waals surface area contributed by atoms with Crippen molar-refractivity contribution in [3.63, 3.8) is 0 Å². The van der Waals surface area contributed by atoms with Gasteiger partial charge in [0.2, 0.25) is 5.91 Å². The van der Waals surface area contributed by atoms with Crippen LogP contribution in [0.2, 0.25) is 0 Å². The van der Waals surface area contributed by atoms with Crippen LogP contribution < -0.4 is 16.6 Å². The Hall–Kier alpha value is -1.53. The number of allylic oxidation sites excluding steroid dienone is 5. The second kappa shape index (κ2) is 14.6. The van der Waals surface area contributed by atoms with Crippen LogP contribution in [0.5, 0.6) is 0 Å². The highest BCUT2D eigenvalue weighted by molar-refractivity contribution is 7.99. The summed E-state index contributed by atoms with van der Waals surface area (Å²) in [5.41, 5.74) is 6.24. The number of carbonyl (C=O) groups is 2. The Morgan fingerprint density at radius 1 is 0.962 bits per heavy atom. The van der Waals surface area contributed by atoms with Crippen LogP contribution in [0.15, 0.2) is 34.9 Å². The average Bonchev–Trinajstić information content (AvgIpc) is 2.56. The minimum absolute atomic E-state index is 0.238. The van der Waals surface area contributed by atoms with Gasteiger partial charge >= 0.3 is 0 Å². The number of thioether (sulfide) groups is 1. The topological polar surface area (TPSA) is 84.2 Å². The first-order valence-corrected chi connectivity index (χ1v) is 10.2. The van der Waals surface area contributed by atoms with Crippen molar-refractivity contribution in [3.8, 4) is 0 Å². The van der Waals surface area contributed by atoms with Gasteiger partial charge < -0.3 is 5.32 Å². The van der Waals surface area contributed by atoms with Gasteiger partial charge in [-0.1, -0.05) is 34.9 Å². The van der Waals surface area contributed by atoms with E-state index in [0.717, 1.165) is 31.4 Å². The van der Waals surface area contributed by atoms with Crippen molar-refractivity contribution in [3.05, 3.63) is 34.9 Å². The van der Waals surface area contributed by atoms with E-state index >= 15 is 0 Å². The smallest absolute Gasteiger partial charge is 0.257 e. The molecule has 0 heterocycles. The number of nitrogens with two attached hydrogens (primary N) is 1. The maximum atomic E-state index is 11.6. The molecule has 1 atom stereocenters.